The molecule has 2 unspecified atom stereocenters. The molecule has 292 valence electrons. The average molecular weight is 767 g/mol. The molecule has 0 spiro atoms. The number of aromatic nitrogens is 4. The van der Waals surface area contributed by atoms with Crippen molar-refractivity contribution < 1.29 is 37.4 Å². The van der Waals surface area contributed by atoms with Gasteiger partial charge in [-0.05, 0) is 42.9 Å². The number of carbonyl (C=O) groups excluding carboxylic acids is 1. The summed E-state index contributed by atoms with van der Waals surface area (Å²) < 4.78 is 53.6. The number of ether oxygens (including phenoxy) is 2. The number of nitrogens with one attached hydrogen (secondary N) is 1. The van der Waals surface area contributed by atoms with Gasteiger partial charge in [0.2, 0.25) is 0 Å². The van der Waals surface area contributed by atoms with Gasteiger partial charge in [-0.3, -0.25) is 9.32 Å². The Balaban J connectivity index is 1.60. The number of rotatable bonds is 24. The fourth-order valence-electron chi connectivity index (χ4n) is 5.98. The zero-order chi connectivity index (χ0) is 39.0. The van der Waals surface area contributed by atoms with E-state index in [0.29, 0.717) is 0 Å². The van der Waals surface area contributed by atoms with Gasteiger partial charge >= 0.3 is 19.8 Å². The molecule has 13 nitrogen and oxygen atoms in total. The highest BCUT2D eigenvalue weighted by Gasteiger charge is 2.43. The van der Waals surface area contributed by atoms with Gasteiger partial charge in [0.15, 0.2) is 17.1 Å². The normalized spacial score (nSPS) is 14.9. The summed E-state index contributed by atoms with van der Waals surface area (Å²) in [6.45, 7) is 3.57. The first-order chi connectivity index (χ1) is 26.0. The van der Waals surface area contributed by atoms with E-state index in [1.807, 2.05) is 30.3 Å². The van der Waals surface area contributed by atoms with E-state index >= 15 is 0 Å². The lowest BCUT2D eigenvalue weighted by atomic mass is 9.96. The average Bonchev–Trinajstić information content (AvgIpc) is 3.57. The third kappa shape index (κ3) is 12.1. The lowest BCUT2D eigenvalue weighted by Gasteiger charge is -2.33. The summed E-state index contributed by atoms with van der Waals surface area (Å²) >= 11 is 0. The van der Waals surface area contributed by atoms with Crippen molar-refractivity contribution in [2.75, 3.05) is 26.1 Å². The Bertz CT molecular complexity index is 1830. The molecule has 15 heteroatoms. The molecule has 4 atom stereocenters. The molecule has 0 aliphatic carbocycles. The molecule has 4 aromatic rings. The summed E-state index contributed by atoms with van der Waals surface area (Å²) in [6, 6.07) is 16.3. The van der Waals surface area contributed by atoms with Crippen molar-refractivity contribution in [2.24, 2.45) is 5.92 Å². The van der Waals surface area contributed by atoms with Gasteiger partial charge in [0.1, 0.15) is 30.0 Å². The molecule has 0 saturated heterocycles. The molecule has 2 aromatic heterocycles. The predicted molar refractivity (Wildman–Crippen MR) is 205 cm³/mol. The van der Waals surface area contributed by atoms with E-state index in [9.17, 15) is 18.9 Å². The largest absolute Gasteiger partial charge is 0.464 e. The number of esters is 1. The van der Waals surface area contributed by atoms with Crippen molar-refractivity contribution in [3.8, 4) is 18.1 Å². The van der Waals surface area contributed by atoms with Crippen LogP contribution in [0.4, 0.5) is 10.2 Å². The van der Waals surface area contributed by atoms with Gasteiger partial charge in [-0.1, -0.05) is 107 Å². The van der Waals surface area contributed by atoms with Gasteiger partial charge in [0, 0.05) is 7.11 Å². The van der Waals surface area contributed by atoms with E-state index in [2.05, 4.69) is 39.8 Å². The van der Waals surface area contributed by atoms with Gasteiger partial charge in [-0.25, -0.2) is 9.55 Å². The lowest BCUT2D eigenvalue weighted by molar-refractivity contribution is -0.147. The van der Waals surface area contributed by atoms with Gasteiger partial charge in [-0.2, -0.15) is 19.4 Å². The SMILES string of the molecule is C#CC(COP(=O)(N[C@@H](Cc1ccccc1)C(=O)OCC(CCCCC)CCCCC)Oc1ccccc1)(OC)[C@@H](O)Cn1cnc2c(N)nc(F)nc21. The molecule has 0 radical (unpaired) electrons. The Morgan fingerprint density at radius 2 is 1.70 bits per heavy atom. The first kappa shape index (κ1) is 42.4. The van der Waals surface area contributed by atoms with Crippen molar-refractivity contribution in [3.63, 3.8) is 0 Å². The molecule has 0 aliphatic heterocycles. The van der Waals surface area contributed by atoms with Crippen molar-refractivity contribution in [3.05, 3.63) is 78.6 Å². The third-order valence-corrected chi connectivity index (χ3v) is 10.7. The fraction of sp³-hybridized carbons (Fsp3) is 0.487. The van der Waals surface area contributed by atoms with E-state index in [0.717, 1.165) is 56.9 Å². The van der Waals surface area contributed by atoms with E-state index < -0.39 is 44.1 Å². The Morgan fingerprint density at radius 3 is 2.31 bits per heavy atom. The number of nitrogens with zero attached hydrogens (tertiary/aromatic N) is 4. The number of aliphatic hydroxyl groups excluding tert-OH is 1. The number of nitrogen functional groups attached to an aromatic ring is 1. The highest BCUT2D eigenvalue weighted by atomic mass is 31.2. The number of para-hydroxylation sites is 1. The zero-order valence-corrected chi connectivity index (χ0v) is 32.1. The molecule has 0 amide bonds. The monoisotopic (exact) mass is 766 g/mol. The summed E-state index contributed by atoms with van der Waals surface area (Å²) in [5.41, 5.74) is 4.79. The number of benzene rings is 2. The maximum absolute atomic E-state index is 14.8. The van der Waals surface area contributed by atoms with Crippen LogP contribution in [0.2, 0.25) is 0 Å². The Labute approximate surface area is 316 Å². The lowest BCUT2D eigenvalue weighted by Crippen LogP contribution is -2.49. The van der Waals surface area contributed by atoms with Crippen LogP contribution in [0.5, 0.6) is 5.75 Å². The number of imidazole rings is 1. The molecule has 2 aromatic carbocycles. The smallest absolute Gasteiger partial charge is 0.459 e. The van der Waals surface area contributed by atoms with Crippen LogP contribution in [0.3, 0.4) is 0 Å². The topological polar surface area (TPSA) is 173 Å². The number of fused-ring (bicyclic) bond motifs is 1. The Hall–Kier alpha value is -4.38. The predicted octanol–water partition coefficient (Wildman–Crippen LogP) is 6.65. The molecular formula is C39H52FN6O7P. The Morgan fingerprint density at radius 1 is 1.06 bits per heavy atom. The Kier molecular flexibility index (Phi) is 16.4. The number of carbonyl (C=O) groups is 1. The number of aliphatic hydroxyl groups is 1. The van der Waals surface area contributed by atoms with E-state index in [4.69, 9.17) is 30.7 Å². The number of nitrogens with two attached hydrogens (primary N) is 1. The number of hydrogen-bond donors (Lipinski definition) is 3. The number of hydrogen-bond acceptors (Lipinski definition) is 11. The maximum atomic E-state index is 14.8. The number of halogens is 1. The van der Waals surface area contributed by atoms with Crippen molar-refractivity contribution in [1.82, 2.24) is 24.6 Å². The second kappa shape index (κ2) is 20.9. The van der Waals surface area contributed by atoms with Crippen molar-refractivity contribution in [2.45, 2.75) is 95.9 Å². The minimum Gasteiger partial charge on any atom is -0.464 e. The van der Waals surface area contributed by atoms with Crippen LogP contribution in [0.25, 0.3) is 11.2 Å². The molecule has 2 heterocycles. The van der Waals surface area contributed by atoms with Crippen molar-refractivity contribution in [1.29, 1.82) is 0 Å². The number of anilines is 1. The highest BCUT2D eigenvalue weighted by Crippen LogP contribution is 2.46. The highest BCUT2D eigenvalue weighted by molar-refractivity contribution is 7.52. The molecule has 4 N–H and O–H groups in total. The second-order valence-corrected chi connectivity index (χ2v) is 14.9. The second-order valence-electron chi connectivity index (χ2n) is 13.2. The molecule has 54 heavy (non-hydrogen) atoms. The van der Waals surface area contributed by atoms with E-state index in [1.165, 1.54) is 18.0 Å². The summed E-state index contributed by atoms with van der Waals surface area (Å²) in [5, 5.41) is 14.3. The van der Waals surface area contributed by atoms with Gasteiger partial charge in [-0.15, -0.1) is 6.42 Å². The zero-order valence-electron chi connectivity index (χ0n) is 31.2. The fourth-order valence-corrected chi connectivity index (χ4v) is 7.50. The third-order valence-electron chi connectivity index (χ3n) is 9.17. The van der Waals surface area contributed by atoms with Crippen LogP contribution in [0.15, 0.2) is 67.0 Å². The number of terminal acetylenes is 1. The first-order valence-corrected chi connectivity index (χ1v) is 19.9. The maximum Gasteiger partial charge on any atom is 0.459 e. The number of unbranched alkanes of at least 4 members (excludes halogenated alkanes) is 4. The van der Waals surface area contributed by atoms with Crippen LogP contribution in [0.1, 0.15) is 70.8 Å². The quantitative estimate of drug-likeness (QED) is 0.0228. The molecule has 0 fully saturated rings. The number of methoxy groups -OCH3 is 1. The standard InChI is InChI=1S/C39H52FN6O7P/c1-5-8-12-20-30(21-13-9-6-2)26-51-37(48)32(24-29-18-14-10-15-19-29)45-54(49,53-31-22-16-11-17-23-31)52-27-39(7-3,50-4)33(47)25-46-28-42-34-35(41)43-38(40)44-36(34)46/h3,10-11,14-19,22-23,28,30,32-33,47H,5-6,8-9,12-13,20-21,24-27H2,1-2,4H3,(H,45,49)(H2,41,43,44)/t32-,33-,39?,54?/m0/s1. The van der Waals surface area contributed by atoms with Gasteiger partial charge in [0.25, 0.3) is 0 Å². The molecular weight excluding hydrogens is 714 g/mol. The molecule has 0 bridgehead atoms. The first-order valence-electron chi connectivity index (χ1n) is 18.4. The molecule has 0 saturated carbocycles. The van der Waals surface area contributed by atoms with Gasteiger partial charge in [0.05, 0.1) is 19.5 Å². The molecule has 4 rings (SSSR count). The summed E-state index contributed by atoms with van der Waals surface area (Å²) in [6.07, 6.45) is 13.1. The van der Waals surface area contributed by atoms with Crippen molar-refractivity contribution >= 4 is 30.7 Å². The molecule has 0 aliphatic rings. The van der Waals surface area contributed by atoms with Crippen LogP contribution in [0, 0.1) is 24.3 Å². The minimum absolute atomic E-state index is 0.0157. The van der Waals surface area contributed by atoms with Crippen LogP contribution in [-0.4, -0.2) is 68.7 Å². The van der Waals surface area contributed by atoms with Gasteiger partial charge < -0.3 is 29.4 Å². The minimum atomic E-state index is -4.51. The van der Waals surface area contributed by atoms with Crippen LogP contribution in [-0.2, 0) is 36.3 Å². The van der Waals surface area contributed by atoms with Crippen LogP contribution >= 0.6 is 7.75 Å². The summed E-state index contributed by atoms with van der Waals surface area (Å²) in [4.78, 5) is 25.3. The van der Waals surface area contributed by atoms with E-state index in [1.54, 1.807) is 30.3 Å². The summed E-state index contributed by atoms with van der Waals surface area (Å²) in [7, 11) is -3.26. The van der Waals surface area contributed by atoms with Crippen LogP contribution < -0.4 is 15.3 Å². The summed E-state index contributed by atoms with van der Waals surface area (Å²) in [5.74, 6) is 1.99. The van der Waals surface area contributed by atoms with E-state index in [-0.39, 0.29) is 48.2 Å².